The predicted molar refractivity (Wildman–Crippen MR) is 115 cm³/mol. The molecule has 0 unspecified atom stereocenters. The van der Waals surface area contributed by atoms with E-state index in [2.05, 4.69) is 0 Å². The summed E-state index contributed by atoms with van der Waals surface area (Å²) in [6.07, 6.45) is -3.04. The molecule has 0 amide bonds. The number of esters is 1. The lowest BCUT2D eigenvalue weighted by Gasteiger charge is -2.40. The van der Waals surface area contributed by atoms with E-state index >= 15 is 0 Å². The number of carbonyl (C=O) groups excluding carboxylic acids is 1. The van der Waals surface area contributed by atoms with Gasteiger partial charge >= 0.3 is 5.97 Å². The number of aliphatic hydroxyl groups is 1. The van der Waals surface area contributed by atoms with Crippen LogP contribution in [0.15, 0.2) is 59.5 Å². The maximum atomic E-state index is 13.5. The smallest absolute Gasteiger partial charge is 0.327 e. The molecule has 2 aromatic carbocycles. The Kier molecular flexibility index (Phi) is 6.12. The Morgan fingerprint density at radius 3 is 2.44 bits per heavy atom. The molecule has 0 aliphatic carbocycles. The molecule has 2 aromatic rings. The maximum Gasteiger partial charge on any atom is 0.327 e. The molecular weight excluding hydrogens is 434 g/mol. The first kappa shape index (κ1) is 22.9. The molecule has 0 spiro atoms. The number of piperidine rings is 1. The van der Waals surface area contributed by atoms with Crippen molar-refractivity contribution in [2.24, 2.45) is 0 Å². The van der Waals surface area contributed by atoms with Gasteiger partial charge in [-0.1, -0.05) is 48.0 Å². The molecule has 0 bridgehead atoms. The Labute approximate surface area is 187 Å². The van der Waals surface area contributed by atoms with Crippen LogP contribution in [-0.4, -0.2) is 60.5 Å². The van der Waals surface area contributed by atoms with E-state index in [0.29, 0.717) is 0 Å². The molecule has 4 rings (SSSR count). The minimum atomic E-state index is -4.13. The van der Waals surface area contributed by atoms with E-state index in [1.165, 1.54) is 12.1 Å². The topological polar surface area (TPSA) is 102 Å². The molecule has 2 heterocycles. The van der Waals surface area contributed by atoms with E-state index in [1.54, 1.807) is 38.1 Å². The summed E-state index contributed by atoms with van der Waals surface area (Å²) < 4.78 is 45.0. The van der Waals surface area contributed by atoms with E-state index in [1.807, 2.05) is 25.1 Å². The normalized spacial score (nSPS) is 27.6. The quantitative estimate of drug-likeness (QED) is 0.680. The van der Waals surface area contributed by atoms with E-state index in [9.17, 15) is 18.3 Å². The fourth-order valence-corrected chi connectivity index (χ4v) is 5.70. The second kappa shape index (κ2) is 8.57. The summed E-state index contributed by atoms with van der Waals surface area (Å²) in [6.45, 7) is 5.02. The van der Waals surface area contributed by atoms with Crippen molar-refractivity contribution in [3.8, 4) is 0 Å². The van der Waals surface area contributed by atoms with Crippen LogP contribution in [0.4, 0.5) is 0 Å². The molecule has 32 heavy (non-hydrogen) atoms. The number of carbonyl (C=O) groups is 1. The highest BCUT2D eigenvalue weighted by molar-refractivity contribution is 7.89. The predicted octanol–water partition coefficient (Wildman–Crippen LogP) is 1.99. The molecule has 8 nitrogen and oxygen atoms in total. The summed E-state index contributed by atoms with van der Waals surface area (Å²) in [5.74, 6) is -1.86. The Morgan fingerprint density at radius 1 is 1.12 bits per heavy atom. The third-order valence-electron chi connectivity index (χ3n) is 5.64. The van der Waals surface area contributed by atoms with Crippen molar-refractivity contribution in [1.29, 1.82) is 0 Å². The van der Waals surface area contributed by atoms with Crippen LogP contribution >= 0.6 is 0 Å². The van der Waals surface area contributed by atoms with Gasteiger partial charge in [0.05, 0.1) is 4.90 Å². The lowest BCUT2D eigenvalue weighted by Crippen LogP contribution is -2.64. The summed E-state index contributed by atoms with van der Waals surface area (Å²) in [6, 6.07) is 13.9. The monoisotopic (exact) mass is 461 g/mol. The lowest BCUT2D eigenvalue weighted by molar-refractivity contribution is -0.167. The molecular formula is C23H27NO7S. The first-order chi connectivity index (χ1) is 15.1. The van der Waals surface area contributed by atoms with Crippen molar-refractivity contribution in [3.05, 3.63) is 65.7 Å². The summed E-state index contributed by atoms with van der Waals surface area (Å²) in [4.78, 5) is 13.1. The zero-order valence-electron chi connectivity index (χ0n) is 18.2. The number of aryl methyl sites for hydroxylation is 1. The van der Waals surface area contributed by atoms with Crippen LogP contribution in [-0.2, 0) is 35.6 Å². The van der Waals surface area contributed by atoms with Gasteiger partial charge in [0.1, 0.15) is 24.9 Å². The zero-order valence-corrected chi connectivity index (χ0v) is 19.0. The number of sulfonamides is 1. The van der Waals surface area contributed by atoms with Gasteiger partial charge in [-0.25, -0.2) is 8.42 Å². The highest BCUT2D eigenvalue weighted by atomic mass is 32.2. The first-order valence-electron chi connectivity index (χ1n) is 10.4. The fourth-order valence-electron chi connectivity index (χ4n) is 4.10. The number of hydrogen-bond donors (Lipinski definition) is 1. The third-order valence-corrected chi connectivity index (χ3v) is 7.51. The van der Waals surface area contributed by atoms with Crippen molar-refractivity contribution in [1.82, 2.24) is 4.31 Å². The van der Waals surface area contributed by atoms with Crippen molar-refractivity contribution < 1.29 is 32.5 Å². The molecule has 2 fully saturated rings. The van der Waals surface area contributed by atoms with Gasteiger partial charge in [0, 0.05) is 6.54 Å². The third kappa shape index (κ3) is 4.44. The van der Waals surface area contributed by atoms with E-state index in [4.69, 9.17) is 14.2 Å². The molecule has 4 atom stereocenters. The van der Waals surface area contributed by atoms with Gasteiger partial charge in [-0.15, -0.1) is 0 Å². The van der Waals surface area contributed by atoms with Gasteiger partial charge in [-0.2, -0.15) is 4.31 Å². The number of nitrogens with zero attached hydrogens (tertiary/aromatic N) is 1. The van der Waals surface area contributed by atoms with Crippen LogP contribution in [0.25, 0.3) is 0 Å². The highest BCUT2D eigenvalue weighted by Gasteiger charge is 2.57. The van der Waals surface area contributed by atoms with E-state index in [-0.39, 0.29) is 18.0 Å². The lowest BCUT2D eigenvalue weighted by atomic mass is 9.96. The standard InChI is InChI=1S/C23H27NO7S/c1-15-9-11-17(12-10-15)32(27,28)24-13-18-21(31-23(2,3)30-18)20(25)19(24)22(26)29-14-16-7-5-4-6-8-16/h4-12,18-21,25H,13-14H2,1-3H3/t18-,19+,20-,21+/m0/s1. The van der Waals surface area contributed by atoms with Crippen LogP contribution in [0.5, 0.6) is 0 Å². The number of fused-ring (bicyclic) bond motifs is 1. The Bertz CT molecular complexity index is 1070. The van der Waals surface area contributed by atoms with Gasteiger partial charge in [0.25, 0.3) is 0 Å². The van der Waals surface area contributed by atoms with Crippen LogP contribution in [0.1, 0.15) is 25.0 Å². The fraction of sp³-hybridized carbons (Fsp3) is 0.435. The average molecular weight is 462 g/mol. The van der Waals surface area contributed by atoms with Gasteiger partial charge < -0.3 is 19.3 Å². The van der Waals surface area contributed by atoms with Gasteiger partial charge in [0.15, 0.2) is 11.8 Å². The molecule has 0 aromatic heterocycles. The number of hydrogen-bond acceptors (Lipinski definition) is 7. The SMILES string of the molecule is Cc1ccc(S(=O)(=O)N2C[C@@H]3OC(C)(C)O[C@H]3[C@@H](O)[C@@H]2C(=O)OCc2ccccc2)cc1. The van der Waals surface area contributed by atoms with Crippen LogP contribution in [0.2, 0.25) is 0 Å². The summed E-state index contributed by atoms with van der Waals surface area (Å²) in [5, 5.41) is 11.1. The summed E-state index contributed by atoms with van der Waals surface area (Å²) >= 11 is 0. The molecule has 0 radical (unpaired) electrons. The Hall–Kier alpha value is -2.30. The minimum absolute atomic E-state index is 0.0211. The van der Waals surface area contributed by atoms with Crippen molar-refractivity contribution in [2.75, 3.05) is 6.54 Å². The van der Waals surface area contributed by atoms with Crippen molar-refractivity contribution in [2.45, 2.75) is 62.4 Å². The summed E-state index contributed by atoms with van der Waals surface area (Å²) in [7, 11) is -4.13. The zero-order chi connectivity index (χ0) is 23.1. The van der Waals surface area contributed by atoms with Crippen molar-refractivity contribution in [3.63, 3.8) is 0 Å². The number of rotatable bonds is 5. The number of ether oxygens (including phenoxy) is 3. The van der Waals surface area contributed by atoms with E-state index in [0.717, 1.165) is 15.4 Å². The van der Waals surface area contributed by atoms with Crippen LogP contribution < -0.4 is 0 Å². The molecule has 2 aliphatic rings. The number of benzene rings is 2. The maximum absolute atomic E-state index is 13.5. The average Bonchev–Trinajstić information content (AvgIpc) is 3.07. The molecule has 172 valence electrons. The second-order valence-corrected chi connectivity index (χ2v) is 10.4. The molecule has 1 N–H and O–H groups in total. The molecule has 9 heteroatoms. The Balaban J connectivity index is 1.66. The summed E-state index contributed by atoms with van der Waals surface area (Å²) in [5.41, 5.74) is 1.65. The van der Waals surface area contributed by atoms with Gasteiger partial charge in [0.2, 0.25) is 10.0 Å². The molecule has 2 saturated heterocycles. The second-order valence-electron chi connectivity index (χ2n) is 8.56. The van der Waals surface area contributed by atoms with Crippen LogP contribution in [0.3, 0.4) is 0 Å². The molecule has 2 aliphatic heterocycles. The minimum Gasteiger partial charge on any atom is -0.460 e. The number of aliphatic hydroxyl groups excluding tert-OH is 1. The largest absolute Gasteiger partial charge is 0.460 e. The first-order valence-corrected chi connectivity index (χ1v) is 11.9. The molecule has 0 saturated carbocycles. The van der Waals surface area contributed by atoms with Gasteiger partial charge in [-0.3, -0.25) is 4.79 Å². The highest BCUT2D eigenvalue weighted by Crippen LogP contribution is 2.38. The van der Waals surface area contributed by atoms with E-state index < -0.39 is 46.1 Å². The van der Waals surface area contributed by atoms with Crippen molar-refractivity contribution >= 4 is 16.0 Å². The Morgan fingerprint density at radius 2 is 1.78 bits per heavy atom. The van der Waals surface area contributed by atoms with Gasteiger partial charge in [-0.05, 0) is 38.5 Å². The van der Waals surface area contributed by atoms with Crippen LogP contribution in [0, 0.1) is 6.92 Å².